The summed E-state index contributed by atoms with van der Waals surface area (Å²) in [5, 5.41) is 0. The van der Waals surface area contributed by atoms with Crippen LogP contribution in [0.25, 0.3) is 0 Å². The maximum Gasteiger partial charge on any atom is 0.0485 e. The van der Waals surface area contributed by atoms with E-state index in [1.165, 1.54) is 0 Å². The van der Waals surface area contributed by atoms with Crippen LogP contribution in [-0.4, -0.2) is 16.5 Å². The first kappa shape index (κ1) is 11.4. The molecule has 2 N–H and O–H groups in total. The summed E-state index contributed by atoms with van der Waals surface area (Å²) in [5.41, 5.74) is 6.61. The molecule has 0 aliphatic heterocycles. The van der Waals surface area contributed by atoms with Crippen LogP contribution in [0, 0.1) is 5.92 Å². The van der Waals surface area contributed by atoms with E-state index in [1.54, 1.807) is 0 Å². The van der Waals surface area contributed by atoms with Gasteiger partial charge in [0.2, 0.25) is 0 Å². The van der Waals surface area contributed by atoms with Gasteiger partial charge in [0.25, 0.3) is 0 Å². The Balaban J connectivity index is 2.42. The topological polar surface area (TPSA) is 43.1 Å². The Bertz CT molecular complexity index is 287. The van der Waals surface area contributed by atoms with Crippen LogP contribution in [0.3, 0.4) is 0 Å². The molecule has 1 aromatic rings. The molecule has 0 heterocycles. The smallest absolute Gasteiger partial charge is 0.0485 e. The molecule has 1 aromatic carbocycles. The zero-order valence-electron chi connectivity index (χ0n) is 8.48. The number of nitrogens with two attached hydrogens (primary N) is 1. The first-order valence-corrected chi connectivity index (χ1v) is 6.30. The van der Waals surface area contributed by atoms with Crippen LogP contribution in [0.4, 0.5) is 0 Å². The monoisotopic (exact) mass is 211 g/mol. The van der Waals surface area contributed by atoms with Crippen LogP contribution in [0.15, 0.2) is 30.3 Å². The van der Waals surface area contributed by atoms with Crippen molar-refractivity contribution in [2.45, 2.75) is 12.7 Å². The molecule has 0 radical (unpaired) electrons. The van der Waals surface area contributed by atoms with Crippen molar-refractivity contribution in [2.24, 2.45) is 11.7 Å². The third kappa shape index (κ3) is 4.03. The molecule has 0 aliphatic carbocycles. The minimum absolute atomic E-state index is 0.347. The van der Waals surface area contributed by atoms with Gasteiger partial charge in [-0.25, -0.2) is 0 Å². The number of hydrogen-bond donors (Lipinski definition) is 1. The van der Waals surface area contributed by atoms with E-state index in [9.17, 15) is 4.21 Å². The molecular formula is C11H17NOS. The second-order valence-electron chi connectivity index (χ2n) is 3.58. The predicted molar refractivity (Wildman–Crippen MR) is 61.4 cm³/mol. The molecule has 0 aliphatic rings. The minimum atomic E-state index is -0.781. The molecule has 2 unspecified atom stereocenters. The van der Waals surface area contributed by atoms with Crippen LogP contribution in [-0.2, 0) is 16.6 Å². The molecule has 2 nitrogen and oxygen atoms in total. The third-order valence-corrected chi connectivity index (χ3v) is 3.64. The van der Waals surface area contributed by atoms with E-state index >= 15 is 0 Å². The van der Waals surface area contributed by atoms with Gasteiger partial charge in [-0.1, -0.05) is 37.3 Å². The average molecular weight is 211 g/mol. The van der Waals surface area contributed by atoms with Crippen molar-refractivity contribution in [1.29, 1.82) is 0 Å². The zero-order chi connectivity index (χ0) is 10.4. The van der Waals surface area contributed by atoms with Crippen LogP contribution >= 0.6 is 0 Å². The fourth-order valence-corrected chi connectivity index (χ4v) is 2.66. The molecule has 0 bridgehead atoms. The van der Waals surface area contributed by atoms with Crippen molar-refractivity contribution in [2.75, 3.05) is 12.3 Å². The molecule has 78 valence electrons. The van der Waals surface area contributed by atoms with Gasteiger partial charge in [0, 0.05) is 22.3 Å². The Hall–Kier alpha value is -0.670. The fraction of sp³-hybridized carbons (Fsp3) is 0.455. The molecule has 0 fully saturated rings. The van der Waals surface area contributed by atoms with Crippen molar-refractivity contribution in [3.8, 4) is 0 Å². The lowest BCUT2D eigenvalue weighted by Gasteiger charge is -2.07. The maximum absolute atomic E-state index is 11.6. The van der Waals surface area contributed by atoms with Gasteiger partial charge in [-0.15, -0.1) is 0 Å². The van der Waals surface area contributed by atoms with Crippen LogP contribution in [0.2, 0.25) is 0 Å². The summed E-state index contributed by atoms with van der Waals surface area (Å²) < 4.78 is 11.6. The van der Waals surface area contributed by atoms with Crippen molar-refractivity contribution in [1.82, 2.24) is 0 Å². The Morgan fingerprint density at radius 3 is 2.57 bits per heavy atom. The maximum atomic E-state index is 11.6. The van der Waals surface area contributed by atoms with E-state index in [4.69, 9.17) is 5.73 Å². The lowest BCUT2D eigenvalue weighted by Crippen LogP contribution is -2.18. The van der Waals surface area contributed by atoms with Crippen LogP contribution in [0.1, 0.15) is 12.5 Å². The van der Waals surface area contributed by atoms with Gasteiger partial charge in [0.05, 0.1) is 0 Å². The molecule has 3 heteroatoms. The lowest BCUT2D eigenvalue weighted by molar-refractivity contribution is 0.640. The lowest BCUT2D eigenvalue weighted by atomic mass is 10.2. The minimum Gasteiger partial charge on any atom is -0.330 e. The summed E-state index contributed by atoms with van der Waals surface area (Å²) in [4.78, 5) is 0. The summed E-state index contributed by atoms with van der Waals surface area (Å²) in [6, 6.07) is 9.92. The van der Waals surface area contributed by atoms with E-state index in [1.807, 2.05) is 37.3 Å². The first-order valence-electron chi connectivity index (χ1n) is 4.81. The van der Waals surface area contributed by atoms with E-state index in [-0.39, 0.29) is 0 Å². The summed E-state index contributed by atoms with van der Waals surface area (Å²) in [5.74, 6) is 1.69. The van der Waals surface area contributed by atoms with Gasteiger partial charge in [0.15, 0.2) is 0 Å². The summed E-state index contributed by atoms with van der Waals surface area (Å²) in [7, 11) is -0.781. The van der Waals surface area contributed by atoms with E-state index in [2.05, 4.69) is 0 Å². The predicted octanol–water partition coefficient (Wildman–Crippen LogP) is 1.53. The fourth-order valence-electron chi connectivity index (χ4n) is 1.20. The van der Waals surface area contributed by atoms with E-state index in [0.717, 1.165) is 5.56 Å². The largest absolute Gasteiger partial charge is 0.330 e. The van der Waals surface area contributed by atoms with Crippen molar-refractivity contribution >= 4 is 10.8 Å². The Kier molecular flexibility index (Phi) is 4.84. The van der Waals surface area contributed by atoms with E-state index in [0.29, 0.717) is 24.0 Å². The second kappa shape index (κ2) is 5.94. The molecule has 2 atom stereocenters. The molecule has 0 spiro atoms. The van der Waals surface area contributed by atoms with E-state index < -0.39 is 10.8 Å². The van der Waals surface area contributed by atoms with Gasteiger partial charge in [0.1, 0.15) is 0 Å². The van der Waals surface area contributed by atoms with Gasteiger partial charge < -0.3 is 5.73 Å². The van der Waals surface area contributed by atoms with Gasteiger partial charge >= 0.3 is 0 Å². The van der Waals surface area contributed by atoms with Crippen molar-refractivity contribution < 1.29 is 4.21 Å². The quantitative estimate of drug-likeness (QED) is 0.802. The normalized spacial score (nSPS) is 15.0. The van der Waals surface area contributed by atoms with Gasteiger partial charge in [-0.05, 0) is 18.0 Å². The van der Waals surface area contributed by atoms with Crippen LogP contribution < -0.4 is 5.73 Å². The zero-order valence-corrected chi connectivity index (χ0v) is 9.30. The van der Waals surface area contributed by atoms with Gasteiger partial charge in [-0.3, -0.25) is 4.21 Å². The van der Waals surface area contributed by atoms with Crippen LogP contribution in [0.5, 0.6) is 0 Å². The highest BCUT2D eigenvalue weighted by Crippen LogP contribution is 2.05. The summed E-state index contributed by atoms with van der Waals surface area (Å²) >= 11 is 0. The molecule has 1 rings (SSSR count). The highest BCUT2D eigenvalue weighted by atomic mass is 32.2. The molecular weight excluding hydrogens is 194 g/mol. The summed E-state index contributed by atoms with van der Waals surface area (Å²) in [6.45, 7) is 2.64. The molecule has 0 aromatic heterocycles. The summed E-state index contributed by atoms with van der Waals surface area (Å²) in [6.07, 6.45) is 0. The third-order valence-electron chi connectivity index (χ3n) is 2.04. The molecule has 0 saturated heterocycles. The second-order valence-corrected chi connectivity index (χ2v) is 5.08. The number of rotatable bonds is 5. The Labute approximate surface area is 88.0 Å². The Morgan fingerprint density at radius 2 is 2.00 bits per heavy atom. The highest BCUT2D eigenvalue weighted by molar-refractivity contribution is 7.84. The standard InChI is InChI=1S/C11H17NOS/c1-10(7-12)8-14(13)9-11-5-3-2-4-6-11/h2-6,10H,7-9,12H2,1H3. The average Bonchev–Trinajstić information content (AvgIpc) is 2.19. The molecule has 14 heavy (non-hydrogen) atoms. The number of hydrogen-bond acceptors (Lipinski definition) is 2. The Morgan fingerprint density at radius 1 is 1.36 bits per heavy atom. The molecule has 0 amide bonds. The van der Waals surface area contributed by atoms with Crippen molar-refractivity contribution in [3.63, 3.8) is 0 Å². The highest BCUT2D eigenvalue weighted by Gasteiger charge is 2.06. The molecule has 0 saturated carbocycles. The van der Waals surface area contributed by atoms with Crippen molar-refractivity contribution in [3.05, 3.63) is 35.9 Å². The van der Waals surface area contributed by atoms with Gasteiger partial charge in [-0.2, -0.15) is 0 Å². The number of benzene rings is 1. The SMILES string of the molecule is CC(CN)CS(=O)Cc1ccccc1. The first-order chi connectivity index (χ1) is 6.72.